The summed E-state index contributed by atoms with van der Waals surface area (Å²) in [5.74, 6) is 2.01. The zero-order valence-corrected chi connectivity index (χ0v) is 12.1. The van der Waals surface area contributed by atoms with Crippen LogP contribution >= 0.6 is 0 Å². The number of aromatic amines is 1. The molecule has 21 heavy (non-hydrogen) atoms. The van der Waals surface area contributed by atoms with E-state index in [-0.39, 0.29) is 11.6 Å². The van der Waals surface area contributed by atoms with E-state index >= 15 is 0 Å². The maximum Gasteiger partial charge on any atom is 0.251 e. The lowest BCUT2D eigenvalue weighted by molar-refractivity contribution is 0.315. The first kappa shape index (κ1) is 15.1. The van der Waals surface area contributed by atoms with Crippen LogP contribution in [0.3, 0.4) is 0 Å². The van der Waals surface area contributed by atoms with Gasteiger partial charge in [-0.1, -0.05) is 6.07 Å². The van der Waals surface area contributed by atoms with Gasteiger partial charge >= 0.3 is 0 Å². The van der Waals surface area contributed by atoms with Gasteiger partial charge in [-0.25, -0.2) is 4.98 Å². The summed E-state index contributed by atoms with van der Waals surface area (Å²) in [6, 6.07) is 8.48. The standard InChI is InChI=1S/C15H19N3O3/c1-10(16)13-9-15(19)18-14(17-13)6-7-21-12-5-3-4-11(8-12)20-2/h3-5,8-10H,6-7,16H2,1-2H3,(H,17,18,19). The van der Waals surface area contributed by atoms with Crippen LogP contribution in [-0.2, 0) is 6.42 Å². The molecule has 0 saturated carbocycles. The molecule has 0 amide bonds. The van der Waals surface area contributed by atoms with Crippen LogP contribution in [0.25, 0.3) is 0 Å². The normalized spacial score (nSPS) is 12.0. The van der Waals surface area contributed by atoms with Crippen LogP contribution in [0.1, 0.15) is 24.5 Å². The summed E-state index contributed by atoms with van der Waals surface area (Å²) in [5, 5.41) is 0. The van der Waals surface area contributed by atoms with Gasteiger partial charge in [0.1, 0.15) is 17.3 Å². The first-order chi connectivity index (χ1) is 10.1. The highest BCUT2D eigenvalue weighted by Crippen LogP contribution is 2.18. The van der Waals surface area contributed by atoms with Gasteiger partial charge in [0.15, 0.2) is 0 Å². The highest BCUT2D eigenvalue weighted by Gasteiger charge is 2.06. The van der Waals surface area contributed by atoms with Gasteiger partial charge in [0.2, 0.25) is 0 Å². The van der Waals surface area contributed by atoms with Gasteiger partial charge in [0.25, 0.3) is 5.56 Å². The molecule has 0 radical (unpaired) electrons. The van der Waals surface area contributed by atoms with E-state index in [1.54, 1.807) is 20.1 Å². The van der Waals surface area contributed by atoms with Crippen molar-refractivity contribution in [1.29, 1.82) is 0 Å². The third kappa shape index (κ3) is 4.32. The molecule has 2 aromatic rings. The minimum Gasteiger partial charge on any atom is -0.497 e. The Hall–Kier alpha value is -2.34. The van der Waals surface area contributed by atoms with Crippen molar-refractivity contribution in [3.8, 4) is 11.5 Å². The molecule has 1 atom stereocenters. The SMILES string of the molecule is COc1cccc(OCCc2nc(C(C)N)cc(=O)[nH]2)c1. The predicted octanol–water partition coefficient (Wildman–Crippen LogP) is 1.42. The fraction of sp³-hybridized carbons (Fsp3) is 0.333. The van der Waals surface area contributed by atoms with Crippen molar-refractivity contribution >= 4 is 0 Å². The fourth-order valence-corrected chi connectivity index (χ4v) is 1.84. The Bertz CT molecular complexity index is 653. The number of hydrogen-bond acceptors (Lipinski definition) is 5. The monoisotopic (exact) mass is 289 g/mol. The Morgan fingerprint density at radius 2 is 2.10 bits per heavy atom. The first-order valence-corrected chi connectivity index (χ1v) is 6.71. The number of hydrogen-bond donors (Lipinski definition) is 2. The summed E-state index contributed by atoms with van der Waals surface area (Å²) in [4.78, 5) is 18.5. The van der Waals surface area contributed by atoms with E-state index in [0.29, 0.717) is 30.3 Å². The van der Waals surface area contributed by atoms with Crippen LogP contribution in [-0.4, -0.2) is 23.7 Å². The molecule has 1 aromatic heterocycles. The molecular formula is C15H19N3O3. The smallest absolute Gasteiger partial charge is 0.251 e. The number of nitrogens with two attached hydrogens (primary N) is 1. The van der Waals surface area contributed by atoms with Gasteiger partial charge < -0.3 is 20.2 Å². The van der Waals surface area contributed by atoms with Crippen molar-refractivity contribution in [3.05, 3.63) is 52.2 Å². The molecule has 1 heterocycles. The number of ether oxygens (including phenoxy) is 2. The van der Waals surface area contributed by atoms with Gasteiger partial charge in [-0.3, -0.25) is 4.79 Å². The molecule has 1 aromatic carbocycles. The summed E-state index contributed by atoms with van der Waals surface area (Å²) in [6.07, 6.45) is 0.493. The Morgan fingerprint density at radius 3 is 2.81 bits per heavy atom. The summed E-state index contributed by atoms with van der Waals surface area (Å²) < 4.78 is 10.7. The zero-order chi connectivity index (χ0) is 15.2. The third-order valence-corrected chi connectivity index (χ3v) is 2.93. The maximum absolute atomic E-state index is 11.5. The van der Waals surface area contributed by atoms with Gasteiger partial charge in [-0.2, -0.15) is 0 Å². The van der Waals surface area contributed by atoms with E-state index in [1.165, 1.54) is 6.07 Å². The largest absolute Gasteiger partial charge is 0.497 e. The topological polar surface area (TPSA) is 90.2 Å². The van der Waals surface area contributed by atoms with E-state index in [1.807, 2.05) is 18.2 Å². The zero-order valence-electron chi connectivity index (χ0n) is 12.1. The lowest BCUT2D eigenvalue weighted by Gasteiger charge is -2.09. The molecule has 112 valence electrons. The number of methoxy groups -OCH3 is 1. The Morgan fingerprint density at radius 1 is 1.33 bits per heavy atom. The van der Waals surface area contributed by atoms with Crippen LogP contribution in [0, 0.1) is 0 Å². The van der Waals surface area contributed by atoms with Crippen molar-refractivity contribution in [3.63, 3.8) is 0 Å². The molecule has 6 nitrogen and oxygen atoms in total. The molecule has 0 bridgehead atoms. The maximum atomic E-state index is 11.5. The van der Waals surface area contributed by atoms with Crippen molar-refractivity contribution in [2.75, 3.05) is 13.7 Å². The predicted molar refractivity (Wildman–Crippen MR) is 79.7 cm³/mol. The minimum absolute atomic E-state index is 0.200. The summed E-state index contributed by atoms with van der Waals surface area (Å²) in [6.45, 7) is 2.19. The van der Waals surface area contributed by atoms with E-state index < -0.39 is 0 Å². The average Bonchev–Trinajstić information content (AvgIpc) is 2.47. The lowest BCUT2D eigenvalue weighted by Crippen LogP contribution is -2.18. The number of H-pyrrole nitrogens is 1. The van der Waals surface area contributed by atoms with Crippen molar-refractivity contribution in [2.24, 2.45) is 5.73 Å². The average molecular weight is 289 g/mol. The molecule has 0 aliphatic carbocycles. The van der Waals surface area contributed by atoms with Gasteiger partial charge in [-0.05, 0) is 19.1 Å². The number of rotatable bonds is 6. The molecule has 1 unspecified atom stereocenters. The van der Waals surface area contributed by atoms with E-state index in [9.17, 15) is 4.79 Å². The Kier molecular flexibility index (Phi) is 4.94. The second-order valence-electron chi connectivity index (χ2n) is 4.68. The van der Waals surface area contributed by atoms with Crippen molar-refractivity contribution < 1.29 is 9.47 Å². The number of nitrogens with zero attached hydrogens (tertiary/aromatic N) is 1. The van der Waals surface area contributed by atoms with E-state index in [2.05, 4.69) is 9.97 Å². The first-order valence-electron chi connectivity index (χ1n) is 6.71. The van der Waals surface area contributed by atoms with E-state index in [4.69, 9.17) is 15.2 Å². The molecule has 2 rings (SSSR count). The Balaban J connectivity index is 1.98. The van der Waals surface area contributed by atoms with Crippen molar-refractivity contribution in [1.82, 2.24) is 9.97 Å². The third-order valence-electron chi connectivity index (χ3n) is 2.93. The molecule has 0 aliphatic rings. The second-order valence-corrected chi connectivity index (χ2v) is 4.68. The van der Waals surface area contributed by atoms with Gasteiger partial charge in [0.05, 0.1) is 19.4 Å². The lowest BCUT2D eigenvalue weighted by atomic mass is 10.2. The van der Waals surface area contributed by atoms with Gasteiger partial charge in [-0.15, -0.1) is 0 Å². The summed E-state index contributed by atoms with van der Waals surface area (Å²) in [7, 11) is 1.60. The van der Waals surface area contributed by atoms with Crippen LogP contribution < -0.4 is 20.8 Å². The molecule has 0 saturated heterocycles. The molecule has 0 fully saturated rings. The molecular weight excluding hydrogens is 270 g/mol. The summed E-state index contributed by atoms with van der Waals surface area (Å²) >= 11 is 0. The van der Waals surface area contributed by atoms with Crippen molar-refractivity contribution in [2.45, 2.75) is 19.4 Å². The van der Waals surface area contributed by atoms with Crippen LogP contribution in [0.15, 0.2) is 35.1 Å². The molecule has 6 heteroatoms. The minimum atomic E-state index is -0.273. The van der Waals surface area contributed by atoms with Gasteiger partial charge in [0, 0.05) is 24.6 Å². The van der Waals surface area contributed by atoms with Crippen LogP contribution in [0.4, 0.5) is 0 Å². The fourth-order valence-electron chi connectivity index (χ4n) is 1.84. The highest BCUT2D eigenvalue weighted by atomic mass is 16.5. The van der Waals surface area contributed by atoms with Crippen LogP contribution in [0.5, 0.6) is 11.5 Å². The number of benzene rings is 1. The Labute approximate surface area is 122 Å². The highest BCUT2D eigenvalue weighted by molar-refractivity contribution is 5.32. The number of aromatic nitrogens is 2. The molecule has 0 aliphatic heterocycles. The molecule has 3 N–H and O–H groups in total. The van der Waals surface area contributed by atoms with Crippen LogP contribution in [0.2, 0.25) is 0 Å². The quantitative estimate of drug-likeness (QED) is 0.839. The number of nitrogens with one attached hydrogen (secondary N) is 1. The second kappa shape index (κ2) is 6.90. The summed E-state index contributed by atoms with van der Waals surface area (Å²) in [5.41, 5.74) is 6.12. The molecule has 0 spiro atoms. The van der Waals surface area contributed by atoms with E-state index in [0.717, 1.165) is 5.75 Å².